The molecule has 0 spiro atoms. The van der Waals surface area contributed by atoms with Crippen molar-refractivity contribution in [3.05, 3.63) is 54.1 Å². The van der Waals surface area contributed by atoms with Gasteiger partial charge in [-0.3, -0.25) is 9.59 Å². The lowest BCUT2D eigenvalue weighted by Gasteiger charge is -2.45. The van der Waals surface area contributed by atoms with Crippen LogP contribution in [0.3, 0.4) is 0 Å². The molecule has 2 aliphatic carbocycles. The minimum Gasteiger partial charge on any atom is -0.497 e. The lowest BCUT2D eigenvalue weighted by atomic mass is 9.78. The van der Waals surface area contributed by atoms with Gasteiger partial charge in [-0.1, -0.05) is 50.7 Å². The maximum atomic E-state index is 14.1. The van der Waals surface area contributed by atoms with E-state index in [-0.39, 0.29) is 17.9 Å². The zero-order valence-corrected chi connectivity index (χ0v) is 22.6. The van der Waals surface area contributed by atoms with Crippen molar-refractivity contribution in [3.8, 4) is 5.75 Å². The highest BCUT2D eigenvalue weighted by molar-refractivity contribution is 6.08. The van der Waals surface area contributed by atoms with Crippen LogP contribution in [0.1, 0.15) is 81.5 Å². The molecule has 8 nitrogen and oxygen atoms in total. The monoisotopic (exact) mass is 520 g/mol. The minimum absolute atomic E-state index is 0.0259. The number of carbonyl (C=O) groups excluding carboxylic acids is 3. The molecule has 0 saturated heterocycles. The quantitative estimate of drug-likeness (QED) is 0.400. The van der Waals surface area contributed by atoms with Crippen LogP contribution < -0.4 is 20.7 Å². The maximum Gasteiger partial charge on any atom is 0.323 e. The summed E-state index contributed by atoms with van der Waals surface area (Å²) >= 11 is 0. The number of nitrogens with one attached hydrogen (secondary N) is 3. The highest BCUT2D eigenvalue weighted by atomic mass is 16.5. The third kappa shape index (κ3) is 6.29. The highest BCUT2D eigenvalue weighted by Crippen LogP contribution is 2.36. The second-order valence-electron chi connectivity index (χ2n) is 10.3. The number of benzene rings is 2. The van der Waals surface area contributed by atoms with Crippen LogP contribution in [0.15, 0.2) is 48.5 Å². The summed E-state index contributed by atoms with van der Waals surface area (Å²) in [5, 5.41) is 8.93. The number of urea groups is 1. The summed E-state index contributed by atoms with van der Waals surface area (Å²) in [5.41, 5.74) is 0.498. The van der Waals surface area contributed by atoms with Crippen molar-refractivity contribution in [1.82, 2.24) is 10.2 Å². The Labute approximate surface area is 225 Å². The van der Waals surface area contributed by atoms with E-state index in [1.807, 2.05) is 6.92 Å². The van der Waals surface area contributed by atoms with Crippen LogP contribution in [0.5, 0.6) is 5.75 Å². The molecule has 2 fully saturated rings. The normalized spacial score (nSPS) is 17.2. The van der Waals surface area contributed by atoms with Gasteiger partial charge in [0, 0.05) is 18.3 Å². The molecule has 0 unspecified atom stereocenters. The molecule has 204 valence electrons. The van der Waals surface area contributed by atoms with Gasteiger partial charge in [0.2, 0.25) is 5.91 Å². The molecule has 3 N–H and O–H groups in total. The van der Waals surface area contributed by atoms with Crippen LogP contribution in [0.4, 0.5) is 16.2 Å². The topological polar surface area (TPSA) is 99.8 Å². The van der Waals surface area contributed by atoms with Crippen molar-refractivity contribution in [3.63, 3.8) is 0 Å². The number of carbonyl (C=O) groups is 3. The predicted molar refractivity (Wildman–Crippen MR) is 150 cm³/mol. The molecule has 0 radical (unpaired) electrons. The molecule has 0 atom stereocenters. The molecule has 0 bridgehead atoms. The number of anilines is 2. The van der Waals surface area contributed by atoms with Crippen LogP contribution >= 0.6 is 0 Å². The van der Waals surface area contributed by atoms with Gasteiger partial charge in [0.1, 0.15) is 11.3 Å². The molecule has 0 heterocycles. The fourth-order valence-corrected chi connectivity index (χ4v) is 5.85. The van der Waals surface area contributed by atoms with Gasteiger partial charge in [-0.15, -0.1) is 0 Å². The van der Waals surface area contributed by atoms with E-state index in [0.29, 0.717) is 42.1 Å². The van der Waals surface area contributed by atoms with E-state index < -0.39 is 11.6 Å². The summed E-state index contributed by atoms with van der Waals surface area (Å²) in [7, 11) is 1.58. The first-order valence-corrected chi connectivity index (χ1v) is 13.9. The second kappa shape index (κ2) is 12.8. The van der Waals surface area contributed by atoms with E-state index >= 15 is 0 Å². The van der Waals surface area contributed by atoms with Crippen LogP contribution in [-0.4, -0.2) is 48.0 Å². The Balaban J connectivity index is 1.54. The number of hydrogen-bond donors (Lipinski definition) is 3. The summed E-state index contributed by atoms with van der Waals surface area (Å²) < 4.78 is 5.16. The Bertz CT molecular complexity index is 1110. The first kappa shape index (κ1) is 27.5. The molecule has 0 aliphatic heterocycles. The van der Waals surface area contributed by atoms with Crippen molar-refractivity contribution in [2.24, 2.45) is 0 Å². The first-order chi connectivity index (χ1) is 18.5. The molecule has 8 heteroatoms. The number of methoxy groups -OCH3 is 1. The molecular weight excluding hydrogens is 480 g/mol. The van der Waals surface area contributed by atoms with Crippen LogP contribution in [0, 0.1) is 0 Å². The smallest absolute Gasteiger partial charge is 0.323 e. The van der Waals surface area contributed by atoms with E-state index in [4.69, 9.17) is 4.74 Å². The predicted octanol–water partition coefficient (Wildman–Crippen LogP) is 5.95. The van der Waals surface area contributed by atoms with E-state index in [0.717, 1.165) is 44.9 Å². The molecule has 38 heavy (non-hydrogen) atoms. The highest BCUT2D eigenvalue weighted by Gasteiger charge is 2.47. The van der Waals surface area contributed by atoms with Gasteiger partial charge in [0.15, 0.2) is 0 Å². The third-order valence-corrected chi connectivity index (χ3v) is 7.88. The summed E-state index contributed by atoms with van der Waals surface area (Å²) in [5.74, 6) is 0.422. The molecule has 2 saturated carbocycles. The third-order valence-electron chi connectivity index (χ3n) is 7.88. The van der Waals surface area contributed by atoms with Gasteiger partial charge >= 0.3 is 6.03 Å². The van der Waals surface area contributed by atoms with E-state index in [1.165, 1.54) is 6.42 Å². The zero-order chi connectivity index (χ0) is 27.0. The SMILES string of the molecule is CCN(C(=O)c1ccccc1NC(=O)Nc1ccc(OC)cc1)C1(C(=O)NC2CCCCC2)CCCCC1. The fraction of sp³-hybridized carbons (Fsp3) is 0.500. The maximum absolute atomic E-state index is 14.1. The number of para-hydroxylation sites is 1. The lowest BCUT2D eigenvalue weighted by molar-refractivity contribution is -0.135. The molecule has 0 aromatic heterocycles. The average Bonchev–Trinajstić information content (AvgIpc) is 2.95. The largest absolute Gasteiger partial charge is 0.497 e. The molecule has 4 amide bonds. The van der Waals surface area contributed by atoms with Gasteiger partial charge in [-0.05, 0) is 69.0 Å². The van der Waals surface area contributed by atoms with Gasteiger partial charge in [0.05, 0.1) is 18.4 Å². The fourth-order valence-electron chi connectivity index (χ4n) is 5.85. The zero-order valence-electron chi connectivity index (χ0n) is 22.6. The average molecular weight is 521 g/mol. The standard InChI is InChI=1S/C30H40N4O4/c1-3-34(30(20-10-5-11-21-30)28(36)31-22-12-6-4-7-13-22)27(35)25-14-8-9-15-26(25)33-29(37)32-23-16-18-24(38-2)19-17-23/h8-9,14-19,22H,3-7,10-13,20-21H2,1-2H3,(H,31,36)(H2,32,33,37). The minimum atomic E-state index is -0.875. The Morgan fingerprint density at radius 1 is 0.895 bits per heavy atom. The van der Waals surface area contributed by atoms with Gasteiger partial charge in [0.25, 0.3) is 5.91 Å². The molecule has 4 rings (SSSR count). The number of hydrogen-bond acceptors (Lipinski definition) is 4. The van der Waals surface area contributed by atoms with Crippen molar-refractivity contribution >= 4 is 29.2 Å². The number of likely N-dealkylation sites (N-methyl/N-ethyl adjacent to an activating group) is 1. The second-order valence-corrected chi connectivity index (χ2v) is 10.3. The summed E-state index contributed by atoms with van der Waals surface area (Å²) in [6, 6.07) is 13.7. The Morgan fingerprint density at radius 3 is 2.21 bits per heavy atom. The Hall–Kier alpha value is -3.55. The Morgan fingerprint density at radius 2 is 1.55 bits per heavy atom. The summed E-state index contributed by atoms with van der Waals surface area (Å²) in [4.78, 5) is 42.5. The van der Waals surface area contributed by atoms with E-state index in [2.05, 4.69) is 16.0 Å². The number of amides is 4. The molecular formula is C30H40N4O4. The van der Waals surface area contributed by atoms with Gasteiger partial charge < -0.3 is 25.6 Å². The van der Waals surface area contributed by atoms with Crippen LogP contribution in [0.25, 0.3) is 0 Å². The number of ether oxygens (including phenoxy) is 1. The van der Waals surface area contributed by atoms with E-state index in [1.54, 1.807) is 60.5 Å². The van der Waals surface area contributed by atoms with E-state index in [9.17, 15) is 14.4 Å². The van der Waals surface area contributed by atoms with Gasteiger partial charge in [-0.2, -0.15) is 0 Å². The molecule has 2 aromatic carbocycles. The van der Waals surface area contributed by atoms with Crippen LogP contribution in [-0.2, 0) is 4.79 Å². The molecule has 2 aromatic rings. The van der Waals surface area contributed by atoms with Crippen molar-refractivity contribution in [2.45, 2.75) is 82.7 Å². The van der Waals surface area contributed by atoms with Gasteiger partial charge in [-0.25, -0.2) is 4.79 Å². The lowest BCUT2D eigenvalue weighted by Crippen LogP contribution is -2.62. The summed E-state index contributed by atoms with van der Waals surface area (Å²) in [6.45, 7) is 2.33. The Kier molecular flexibility index (Phi) is 9.26. The van der Waals surface area contributed by atoms with Crippen molar-refractivity contribution in [1.29, 1.82) is 0 Å². The first-order valence-electron chi connectivity index (χ1n) is 13.9. The molecule has 2 aliphatic rings. The van der Waals surface area contributed by atoms with Crippen molar-refractivity contribution in [2.75, 3.05) is 24.3 Å². The van der Waals surface area contributed by atoms with Crippen LogP contribution in [0.2, 0.25) is 0 Å². The summed E-state index contributed by atoms with van der Waals surface area (Å²) in [6.07, 6.45) is 9.66. The number of nitrogens with zero attached hydrogens (tertiary/aromatic N) is 1. The number of rotatable bonds is 8. The van der Waals surface area contributed by atoms with Crippen molar-refractivity contribution < 1.29 is 19.1 Å².